The molecule has 114 valence electrons. The smallest absolute Gasteiger partial charge is 0.253 e. The van der Waals surface area contributed by atoms with Gasteiger partial charge in [-0.05, 0) is 50.5 Å². The summed E-state index contributed by atoms with van der Waals surface area (Å²) in [5, 5.41) is 2.83. The summed E-state index contributed by atoms with van der Waals surface area (Å²) >= 11 is 0. The summed E-state index contributed by atoms with van der Waals surface area (Å²) in [7, 11) is 0. The Bertz CT molecular complexity index is 561. The fourth-order valence-corrected chi connectivity index (χ4v) is 2.84. The number of carbonyl (C=O) groups is 2. The molecule has 5 heteroatoms. The average Bonchev–Trinajstić information content (AvgIpc) is 2.42. The molecule has 0 aromatic heterocycles. The minimum atomic E-state index is -0.899. The van der Waals surface area contributed by atoms with Crippen molar-refractivity contribution >= 4 is 17.5 Å². The van der Waals surface area contributed by atoms with Gasteiger partial charge >= 0.3 is 0 Å². The molecule has 21 heavy (non-hydrogen) atoms. The molecule has 0 saturated carbocycles. The summed E-state index contributed by atoms with van der Waals surface area (Å²) < 4.78 is 13.7. The lowest BCUT2D eigenvalue weighted by molar-refractivity contribution is -0.138. The number of halogens is 1. The lowest BCUT2D eigenvalue weighted by Crippen LogP contribution is -2.69. The number of piperazine rings is 1. The Morgan fingerprint density at radius 2 is 1.86 bits per heavy atom. The van der Waals surface area contributed by atoms with E-state index in [-0.39, 0.29) is 11.8 Å². The topological polar surface area (TPSA) is 49.4 Å². The van der Waals surface area contributed by atoms with Gasteiger partial charge in [0.1, 0.15) is 17.4 Å². The number of nitrogens with one attached hydrogen (secondary N) is 1. The van der Waals surface area contributed by atoms with Crippen LogP contribution in [0.15, 0.2) is 18.2 Å². The Labute approximate surface area is 124 Å². The number of nitrogens with zero attached hydrogens (tertiary/aromatic N) is 1. The maximum Gasteiger partial charge on any atom is 0.253 e. The van der Waals surface area contributed by atoms with E-state index >= 15 is 0 Å². The normalized spacial score (nSPS) is 21.4. The van der Waals surface area contributed by atoms with Crippen LogP contribution in [0.25, 0.3) is 0 Å². The first-order valence-electron chi connectivity index (χ1n) is 7.27. The van der Waals surface area contributed by atoms with E-state index < -0.39 is 17.4 Å². The third kappa shape index (κ3) is 2.52. The molecular weight excluding hydrogens is 271 g/mol. The molecule has 0 spiro atoms. The largest absolute Gasteiger partial charge is 0.340 e. The molecule has 1 aromatic carbocycles. The van der Waals surface area contributed by atoms with Crippen LogP contribution in [0.5, 0.6) is 0 Å². The van der Waals surface area contributed by atoms with Gasteiger partial charge in [0.15, 0.2) is 0 Å². The number of aryl methyl sites for hydroxylation is 1. The predicted octanol–water partition coefficient (Wildman–Crippen LogP) is 2.54. The van der Waals surface area contributed by atoms with Gasteiger partial charge < -0.3 is 5.32 Å². The molecule has 0 aliphatic carbocycles. The first-order chi connectivity index (χ1) is 9.84. The molecule has 4 nitrogen and oxygen atoms in total. The monoisotopic (exact) mass is 292 g/mol. The van der Waals surface area contributed by atoms with Crippen molar-refractivity contribution in [1.29, 1.82) is 0 Å². The summed E-state index contributed by atoms with van der Waals surface area (Å²) in [6.45, 7) is 7.15. The molecule has 1 atom stereocenters. The lowest BCUT2D eigenvalue weighted by atomic mass is 9.87. The Morgan fingerprint density at radius 3 is 2.38 bits per heavy atom. The SMILES string of the molecule is CCC1(CC)NC(=O)C(C)N(c2cc(C)cc(F)c2)C1=O. The molecular formula is C16H21FN2O2. The minimum Gasteiger partial charge on any atom is -0.340 e. The van der Waals surface area contributed by atoms with E-state index in [2.05, 4.69) is 5.32 Å². The second-order valence-corrected chi connectivity index (χ2v) is 5.62. The van der Waals surface area contributed by atoms with Crippen LogP contribution in [0.2, 0.25) is 0 Å². The number of hydrogen-bond donors (Lipinski definition) is 1. The molecule has 1 saturated heterocycles. The number of anilines is 1. The molecule has 1 heterocycles. The van der Waals surface area contributed by atoms with Crippen LogP contribution in [0.1, 0.15) is 39.2 Å². The van der Waals surface area contributed by atoms with Gasteiger partial charge in [-0.15, -0.1) is 0 Å². The van der Waals surface area contributed by atoms with E-state index in [1.54, 1.807) is 19.9 Å². The fourth-order valence-electron chi connectivity index (χ4n) is 2.84. The zero-order valence-electron chi connectivity index (χ0n) is 12.9. The molecule has 1 N–H and O–H groups in total. The number of rotatable bonds is 3. The van der Waals surface area contributed by atoms with Gasteiger partial charge in [0, 0.05) is 5.69 Å². The van der Waals surface area contributed by atoms with Crippen molar-refractivity contribution in [3.05, 3.63) is 29.6 Å². The molecule has 1 unspecified atom stereocenters. The van der Waals surface area contributed by atoms with E-state index in [0.29, 0.717) is 18.5 Å². The number of benzene rings is 1. The van der Waals surface area contributed by atoms with Crippen LogP contribution < -0.4 is 10.2 Å². The summed E-state index contributed by atoms with van der Waals surface area (Å²) in [6, 6.07) is 3.78. The number of amides is 2. The molecule has 2 amide bonds. The van der Waals surface area contributed by atoms with Gasteiger partial charge in [-0.2, -0.15) is 0 Å². The summed E-state index contributed by atoms with van der Waals surface area (Å²) in [6.07, 6.45) is 1.01. The van der Waals surface area contributed by atoms with Crippen molar-refractivity contribution < 1.29 is 14.0 Å². The van der Waals surface area contributed by atoms with E-state index in [1.165, 1.54) is 17.0 Å². The lowest BCUT2D eigenvalue weighted by Gasteiger charge is -2.44. The first-order valence-corrected chi connectivity index (χ1v) is 7.27. The summed E-state index contributed by atoms with van der Waals surface area (Å²) in [5.74, 6) is -0.792. The molecule has 0 bridgehead atoms. The highest BCUT2D eigenvalue weighted by atomic mass is 19.1. The second kappa shape index (κ2) is 5.47. The van der Waals surface area contributed by atoms with Crippen LogP contribution in [0, 0.1) is 12.7 Å². The molecule has 2 rings (SSSR count). The maximum atomic E-state index is 13.7. The third-order valence-corrected chi connectivity index (χ3v) is 4.27. The van der Waals surface area contributed by atoms with Crippen molar-refractivity contribution in [1.82, 2.24) is 5.32 Å². The number of carbonyl (C=O) groups excluding carboxylic acids is 2. The van der Waals surface area contributed by atoms with Gasteiger partial charge in [-0.3, -0.25) is 14.5 Å². The highest BCUT2D eigenvalue weighted by Gasteiger charge is 2.48. The molecule has 1 aromatic rings. The third-order valence-electron chi connectivity index (χ3n) is 4.27. The summed E-state index contributed by atoms with van der Waals surface area (Å²) in [5.41, 5.74) is 0.254. The maximum absolute atomic E-state index is 13.7. The van der Waals surface area contributed by atoms with Crippen LogP contribution in [0.3, 0.4) is 0 Å². The van der Waals surface area contributed by atoms with Crippen LogP contribution in [0.4, 0.5) is 10.1 Å². The quantitative estimate of drug-likeness (QED) is 0.930. The van der Waals surface area contributed by atoms with Gasteiger partial charge in [0.2, 0.25) is 5.91 Å². The zero-order valence-corrected chi connectivity index (χ0v) is 12.9. The Kier molecular flexibility index (Phi) is 4.03. The Morgan fingerprint density at radius 1 is 1.24 bits per heavy atom. The minimum absolute atomic E-state index is 0.176. The van der Waals surface area contributed by atoms with E-state index in [1.807, 2.05) is 13.8 Å². The van der Waals surface area contributed by atoms with Gasteiger partial charge in [0.05, 0.1) is 0 Å². The zero-order chi connectivity index (χ0) is 15.8. The molecule has 1 aliphatic heterocycles. The van der Waals surface area contributed by atoms with Crippen molar-refractivity contribution in [3.8, 4) is 0 Å². The van der Waals surface area contributed by atoms with E-state index in [0.717, 1.165) is 5.56 Å². The van der Waals surface area contributed by atoms with Crippen molar-refractivity contribution in [3.63, 3.8) is 0 Å². The Balaban J connectivity index is 2.53. The highest BCUT2D eigenvalue weighted by molar-refractivity contribution is 6.10. The predicted molar refractivity (Wildman–Crippen MR) is 79.5 cm³/mol. The van der Waals surface area contributed by atoms with Crippen LogP contribution in [-0.2, 0) is 9.59 Å². The molecule has 1 aliphatic rings. The Hall–Kier alpha value is -1.91. The number of hydrogen-bond acceptors (Lipinski definition) is 2. The van der Waals surface area contributed by atoms with Crippen molar-refractivity contribution in [2.45, 2.75) is 52.1 Å². The van der Waals surface area contributed by atoms with E-state index in [9.17, 15) is 14.0 Å². The van der Waals surface area contributed by atoms with Crippen LogP contribution >= 0.6 is 0 Å². The second-order valence-electron chi connectivity index (χ2n) is 5.62. The summed E-state index contributed by atoms with van der Waals surface area (Å²) in [4.78, 5) is 26.5. The molecule has 1 fully saturated rings. The highest BCUT2D eigenvalue weighted by Crippen LogP contribution is 2.30. The first kappa shape index (κ1) is 15.5. The van der Waals surface area contributed by atoms with Gasteiger partial charge in [-0.25, -0.2) is 4.39 Å². The van der Waals surface area contributed by atoms with E-state index in [4.69, 9.17) is 0 Å². The standard InChI is InChI=1S/C16H21FN2O2/c1-5-16(6-2)15(21)19(11(4)14(20)18-16)13-8-10(3)7-12(17)9-13/h7-9,11H,5-6H2,1-4H3,(H,18,20). The fraction of sp³-hybridized carbons (Fsp3) is 0.500. The van der Waals surface area contributed by atoms with Crippen LogP contribution in [-0.4, -0.2) is 23.4 Å². The van der Waals surface area contributed by atoms with Crippen molar-refractivity contribution in [2.75, 3.05) is 4.90 Å². The molecule has 0 radical (unpaired) electrons. The van der Waals surface area contributed by atoms with Gasteiger partial charge in [0.25, 0.3) is 5.91 Å². The van der Waals surface area contributed by atoms with Crippen molar-refractivity contribution in [2.24, 2.45) is 0 Å². The van der Waals surface area contributed by atoms with Gasteiger partial charge in [-0.1, -0.05) is 13.8 Å². The average molecular weight is 292 g/mol.